The molecule has 0 unspecified atom stereocenters. The van der Waals surface area contributed by atoms with Crippen molar-refractivity contribution in [2.45, 2.75) is 6.92 Å². The molecule has 2 aromatic carbocycles. The van der Waals surface area contributed by atoms with Crippen LogP contribution in [-0.4, -0.2) is 27.1 Å². The fourth-order valence-corrected chi connectivity index (χ4v) is 2.35. The summed E-state index contributed by atoms with van der Waals surface area (Å²) in [4.78, 5) is 12.6. The topological polar surface area (TPSA) is 70.8 Å². The highest BCUT2D eigenvalue weighted by molar-refractivity contribution is 6.11. The number of nitrogen functional groups attached to an aromatic ring is 1. The first kappa shape index (κ1) is 17.4. The number of nitrogens with two attached hydrogens (primary N) is 1. The van der Waals surface area contributed by atoms with Crippen molar-refractivity contribution >= 4 is 17.5 Å². The van der Waals surface area contributed by atoms with Crippen molar-refractivity contribution in [3.8, 4) is 17.2 Å². The summed E-state index contributed by atoms with van der Waals surface area (Å²) in [5, 5.41) is 0. The molecule has 2 aromatic rings. The SMILES string of the molecule is COc1ccc(OC)c(/C=C(\C)C(=O)c2ccc(OC)c(N)c2)c1. The largest absolute Gasteiger partial charge is 0.497 e. The number of ether oxygens (including phenoxy) is 3. The minimum atomic E-state index is -0.116. The van der Waals surface area contributed by atoms with E-state index in [1.54, 1.807) is 57.6 Å². The first-order chi connectivity index (χ1) is 11.5. The van der Waals surface area contributed by atoms with Crippen molar-refractivity contribution in [2.24, 2.45) is 0 Å². The van der Waals surface area contributed by atoms with E-state index in [4.69, 9.17) is 19.9 Å². The van der Waals surface area contributed by atoms with Gasteiger partial charge in [-0.3, -0.25) is 4.79 Å². The molecule has 5 nitrogen and oxygen atoms in total. The second kappa shape index (κ2) is 7.55. The molecule has 2 N–H and O–H groups in total. The van der Waals surface area contributed by atoms with Crippen molar-refractivity contribution in [3.05, 3.63) is 53.1 Å². The molecule has 0 atom stereocenters. The van der Waals surface area contributed by atoms with Gasteiger partial charge in [0.2, 0.25) is 0 Å². The van der Waals surface area contributed by atoms with Crippen LogP contribution in [0.3, 0.4) is 0 Å². The van der Waals surface area contributed by atoms with Gasteiger partial charge in [-0.05, 0) is 55.0 Å². The summed E-state index contributed by atoms with van der Waals surface area (Å²) in [6, 6.07) is 10.4. The average Bonchev–Trinajstić information content (AvgIpc) is 2.60. The highest BCUT2D eigenvalue weighted by Gasteiger charge is 2.12. The number of carbonyl (C=O) groups excluding carboxylic acids is 1. The lowest BCUT2D eigenvalue weighted by Gasteiger charge is -2.09. The van der Waals surface area contributed by atoms with E-state index in [0.717, 1.165) is 5.56 Å². The Balaban J connectivity index is 2.36. The van der Waals surface area contributed by atoms with Gasteiger partial charge in [0.15, 0.2) is 5.78 Å². The molecule has 0 saturated heterocycles. The number of hydrogen-bond acceptors (Lipinski definition) is 5. The van der Waals surface area contributed by atoms with Crippen LogP contribution in [0.5, 0.6) is 17.2 Å². The Labute approximate surface area is 141 Å². The molecule has 126 valence electrons. The Kier molecular flexibility index (Phi) is 5.47. The van der Waals surface area contributed by atoms with E-state index < -0.39 is 0 Å². The zero-order valence-corrected chi connectivity index (χ0v) is 14.3. The highest BCUT2D eigenvalue weighted by Crippen LogP contribution is 2.28. The maximum absolute atomic E-state index is 12.6. The molecule has 5 heteroatoms. The summed E-state index contributed by atoms with van der Waals surface area (Å²) < 4.78 is 15.7. The molecule has 0 heterocycles. The van der Waals surface area contributed by atoms with E-state index in [1.165, 1.54) is 7.11 Å². The smallest absolute Gasteiger partial charge is 0.188 e. The Hall–Kier alpha value is -2.95. The third-order valence-corrected chi connectivity index (χ3v) is 3.66. The molecule has 0 aliphatic rings. The van der Waals surface area contributed by atoms with E-state index in [0.29, 0.717) is 34.1 Å². The average molecular weight is 327 g/mol. The second-order valence-corrected chi connectivity index (χ2v) is 5.22. The van der Waals surface area contributed by atoms with Gasteiger partial charge in [-0.15, -0.1) is 0 Å². The van der Waals surface area contributed by atoms with E-state index in [9.17, 15) is 4.79 Å². The van der Waals surface area contributed by atoms with E-state index in [1.807, 2.05) is 6.07 Å². The Morgan fingerprint density at radius 1 is 0.958 bits per heavy atom. The quantitative estimate of drug-likeness (QED) is 0.499. The van der Waals surface area contributed by atoms with Crippen LogP contribution >= 0.6 is 0 Å². The number of carbonyl (C=O) groups is 1. The van der Waals surface area contributed by atoms with Gasteiger partial charge in [-0.2, -0.15) is 0 Å². The Morgan fingerprint density at radius 2 is 1.62 bits per heavy atom. The van der Waals surface area contributed by atoms with Crippen molar-refractivity contribution in [1.82, 2.24) is 0 Å². The molecule has 0 aliphatic heterocycles. The van der Waals surface area contributed by atoms with Crippen LogP contribution in [0.2, 0.25) is 0 Å². The van der Waals surface area contributed by atoms with Crippen LogP contribution in [0, 0.1) is 0 Å². The Bertz CT molecular complexity index is 781. The fraction of sp³-hybridized carbons (Fsp3) is 0.211. The summed E-state index contributed by atoms with van der Waals surface area (Å²) in [7, 11) is 4.71. The summed E-state index contributed by atoms with van der Waals surface area (Å²) in [6.07, 6.45) is 1.77. The van der Waals surface area contributed by atoms with Gasteiger partial charge < -0.3 is 19.9 Å². The zero-order valence-electron chi connectivity index (χ0n) is 14.3. The monoisotopic (exact) mass is 327 g/mol. The third kappa shape index (κ3) is 3.68. The van der Waals surface area contributed by atoms with Crippen LogP contribution in [0.15, 0.2) is 42.0 Å². The predicted molar refractivity (Wildman–Crippen MR) is 94.9 cm³/mol. The second-order valence-electron chi connectivity index (χ2n) is 5.22. The van der Waals surface area contributed by atoms with Crippen LogP contribution in [0.1, 0.15) is 22.8 Å². The van der Waals surface area contributed by atoms with Crippen molar-refractivity contribution < 1.29 is 19.0 Å². The van der Waals surface area contributed by atoms with Gasteiger partial charge in [0.1, 0.15) is 17.2 Å². The van der Waals surface area contributed by atoms with Gasteiger partial charge in [-0.25, -0.2) is 0 Å². The number of methoxy groups -OCH3 is 3. The van der Waals surface area contributed by atoms with Gasteiger partial charge in [0.05, 0.1) is 27.0 Å². The van der Waals surface area contributed by atoms with Gasteiger partial charge >= 0.3 is 0 Å². The predicted octanol–water partition coefficient (Wildman–Crippen LogP) is 3.58. The van der Waals surface area contributed by atoms with Crippen LogP contribution in [-0.2, 0) is 0 Å². The molecule has 0 amide bonds. The minimum Gasteiger partial charge on any atom is -0.497 e. The maximum Gasteiger partial charge on any atom is 0.188 e. The Morgan fingerprint density at radius 3 is 2.21 bits per heavy atom. The normalized spacial score (nSPS) is 11.1. The molecule has 0 saturated carbocycles. The summed E-state index contributed by atoms with van der Waals surface area (Å²) >= 11 is 0. The van der Waals surface area contributed by atoms with Gasteiger partial charge in [0.25, 0.3) is 0 Å². The van der Waals surface area contributed by atoms with Crippen molar-refractivity contribution in [2.75, 3.05) is 27.1 Å². The molecule has 0 bridgehead atoms. The maximum atomic E-state index is 12.6. The van der Waals surface area contributed by atoms with Gasteiger partial charge in [0, 0.05) is 11.1 Å². The van der Waals surface area contributed by atoms with Crippen LogP contribution < -0.4 is 19.9 Å². The molecular formula is C19H21NO4. The molecular weight excluding hydrogens is 306 g/mol. The molecule has 0 aliphatic carbocycles. The standard InChI is InChI=1S/C19H21NO4/c1-12(9-14-10-15(22-2)6-8-17(14)23-3)19(21)13-5-7-18(24-4)16(20)11-13/h5-11H,20H2,1-4H3/b12-9+. The molecule has 0 aromatic heterocycles. The third-order valence-electron chi connectivity index (χ3n) is 3.66. The number of hydrogen-bond donors (Lipinski definition) is 1. The van der Waals surface area contributed by atoms with E-state index in [-0.39, 0.29) is 5.78 Å². The number of anilines is 1. The summed E-state index contributed by atoms with van der Waals surface area (Å²) in [5.74, 6) is 1.78. The molecule has 0 radical (unpaired) electrons. The number of rotatable bonds is 6. The lowest BCUT2D eigenvalue weighted by Crippen LogP contribution is -2.03. The van der Waals surface area contributed by atoms with Crippen molar-refractivity contribution in [1.29, 1.82) is 0 Å². The molecule has 24 heavy (non-hydrogen) atoms. The zero-order chi connectivity index (χ0) is 17.7. The number of benzene rings is 2. The summed E-state index contributed by atoms with van der Waals surface area (Å²) in [6.45, 7) is 1.75. The number of Topliss-reactive ketones (excluding diaryl/α,β-unsaturated/α-hetero) is 1. The molecule has 0 fully saturated rings. The lowest BCUT2D eigenvalue weighted by atomic mass is 10.0. The van der Waals surface area contributed by atoms with Gasteiger partial charge in [-0.1, -0.05) is 0 Å². The fourth-order valence-electron chi connectivity index (χ4n) is 2.35. The van der Waals surface area contributed by atoms with E-state index >= 15 is 0 Å². The first-order valence-electron chi connectivity index (χ1n) is 7.38. The van der Waals surface area contributed by atoms with Crippen LogP contribution in [0.25, 0.3) is 6.08 Å². The number of allylic oxidation sites excluding steroid dienone is 1. The number of ketones is 1. The van der Waals surface area contributed by atoms with Crippen LogP contribution in [0.4, 0.5) is 5.69 Å². The van der Waals surface area contributed by atoms with E-state index in [2.05, 4.69) is 0 Å². The molecule has 0 spiro atoms. The molecule has 2 rings (SSSR count). The first-order valence-corrected chi connectivity index (χ1v) is 7.38. The summed E-state index contributed by atoms with van der Waals surface area (Å²) in [5.41, 5.74) is 8.13. The highest BCUT2D eigenvalue weighted by atomic mass is 16.5. The van der Waals surface area contributed by atoms with Crippen molar-refractivity contribution in [3.63, 3.8) is 0 Å². The minimum absolute atomic E-state index is 0.116. The lowest BCUT2D eigenvalue weighted by molar-refractivity contribution is 0.103.